The van der Waals surface area contributed by atoms with Gasteiger partial charge in [0, 0.05) is 0 Å². The number of unbranched alkanes of at least 4 members (excludes halogenated alkanes) is 2. The predicted molar refractivity (Wildman–Crippen MR) is 121 cm³/mol. The molecule has 162 valence electrons. The second-order valence-corrected chi connectivity index (χ2v) is 7.60. The lowest BCUT2D eigenvalue weighted by molar-refractivity contribution is 0.0427. The highest BCUT2D eigenvalue weighted by Crippen LogP contribution is 2.28. The predicted octanol–water partition coefficient (Wildman–Crippen LogP) is 6.68. The molecular weight excluding hydrogens is 376 g/mol. The lowest BCUT2D eigenvalue weighted by Crippen LogP contribution is -2.15. The van der Waals surface area contributed by atoms with E-state index in [2.05, 4.69) is 20.8 Å². The largest absolute Gasteiger partial charge is 0.462 e. The van der Waals surface area contributed by atoms with Crippen molar-refractivity contribution in [2.75, 3.05) is 13.2 Å². The quantitative estimate of drug-likeness (QED) is 0.289. The molecule has 0 aliphatic rings. The Morgan fingerprint density at radius 3 is 1.83 bits per heavy atom. The van der Waals surface area contributed by atoms with Gasteiger partial charge < -0.3 is 9.47 Å². The molecule has 0 aromatic heterocycles. The molecule has 0 amide bonds. The van der Waals surface area contributed by atoms with Crippen molar-refractivity contribution in [1.29, 1.82) is 0 Å². The van der Waals surface area contributed by atoms with Crippen LogP contribution in [0.25, 0.3) is 11.1 Å². The lowest BCUT2D eigenvalue weighted by atomic mass is 9.95. The van der Waals surface area contributed by atoms with Crippen LogP contribution >= 0.6 is 0 Å². The second-order valence-electron chi connectivity index (χ2n) is 7.60. The Morgan fingerprint density at radius 2 is 1.30 bits per heavy atom. The molecule has 0 radical (unpaired) electrons. The summed E-state index contributed by atoms with van der Waals surface area (Å²) in [6.45, 7) is 7.16. The summed E-state index contributed by atoms with van der Waals surface area (Å²) in [4.78, 5) is 25.5. The normalized spacial score (nSPS) is 11.7. The Hall–Kier alpha value is -2.62. The van der Waals surface area contributed by atoms with Gasteiger partial charge in [0.1, 0.15) is 0 Å². The monoisotopic (exact) mass is 410 g/mol. The maximum atomic E-state index is 12.9. The first kappa shape index (κ1) is 23.7. The van der Waals surface area contributed by atoms with E-state index >= 15 is 0 Å². The Bertz CT molecular complexity index is 812. The van der Waals surface area contributed by atoms with E-state index < -0.39 is 0 Å². The Morgan fingerprint density at radius 1 is 0.767 bits per heavy atom. The first-order chi connectivity index (χ1) is 14.6. The number of carbonyl (C=O) groups is 2. The maximum absolute atomic E-state index is 12.9. The molecule has 0 saturated heterocycles. The van der Waals surface area contributed by atoms with Crippen LogP contribution in [0.4, 0.5) is 0 Å². The zero-order valence-corrected chi connectivity index (χ0v) is 18.5. The minimum atomic E-state index is -0.368. The zero-order valence-electron chi connectivity index (χ0n) is 18.5. The van der Waals surface area contributed by atoms with Gasteiger partial charge in [0.2, 0.25) is 0 Å². The summed E-state index contributed by atoms with van der Waals surface area (Å²) in [5.41, 5.74) is 2.30. The van der Waals surface area contributed by atoms with Gasteiger partial charge in [0.05, 0.1) is 24.3 Å². The van der Waals surface area contributed by atoms with Gasteiger partial charge in [-0.3, -0.25) is 0 Å². The molecule has 4 heteroatoms. The van der Waals surface area contributed by atoms with E-state index in [9.17, 15) is 9.59 Å². The number of carbonyl (C=O) groups excluding carboxylic acids is 2. The van der Waals surface area contributed by atoms with Gasteiger partial charge in [-0.25, -0.2) is 9.59 Å². The minimum Gasteiger partial charge on any atom is -0.462 e. The molecule has 2 rings (SSSR count). The molecule has 2 aromatic rings. The summed E-state index contributed by atoms with van der Waals surface area (Å²) in [6.07, 6.45) is 6.11. The van der Waals surface area contributed by atoms with Crippen LogP contribution in [0.5, 0.6) is 0 Å². The lowest BCUT2D eigenvalue weighted by Gasteiger charge is -2.16. The highest BCUT2D eigenvalue weighted by atomic mass is 16.5. The van der Waals surface area contributed by atoms with Crippen LogP contribution in [-0.2, 0) is 9.47 Å². The smallest absolute Gasteiger partial charge is 0.338 e. The first-order valence-electron chi connectivity index (χ1n) is 11.1. The van der Waals surface area contributed by atoms with Crippen molar-refractivity contribution in [3.63, 3.8) is 0 Å². The summed E-state index contributed by atoms with van der Waals surface area (Å²) < 4.78 is 11.1. The fourth-order valence-corrected chi connectivity index (χ4v) is 3.35. The van der Waals surface area contributed by atoms with Crippen LogP contribution in [-0.4, -0.2) is 25.2 Å². The third-order valence-electron chi connectivity index (χ3n) is 5.31. The van der Waals surface area contributed by atoms with Gasteiger partial charge in [-0.1, -0.05) is 82.9 Å². The van der Waals surface area contributed by atoms with E-state index in [0.29, 0.717) is 41.4 Å². The van der Waals surface area contributed by atoms with Crippen LogP contribution in [0.3, 0.4) is 0 Å². The fraction of sp³-hybridized carbons (Fsp3) is 0.462. The number of rotatable bonds is 12. The van der Waals surface area contributed by atoms with E-state index in [1.165, 1.54) is 0 Å². The molecule has 0 aliphatic heterocycles. The van der Waals surface area contributed by atoms with E-state index in [4.69, 9.17) is 9.47 Å². The molecule has 1 atom stereocenters. The minimum absolute atomic E-state index is 0.352. The number of hydrogen-bond donors (Lipinski definition) is 0. The van der Waals surface area contributed by atoms with Crippen molar-refractivity contribution >= 4 is 11.9 Å². The molecular formula is C26H34O4. The van der Waals surface area contributed by atoms with Crippen molar-refractivity contribution in [1.82, 2.24) is 0 Å². The van der Waals surface area contributed by atoms with Gasteiger partial charge in [0.15, 0.2) is 0 Å². The maximum Gasteiger partial charge on any atom is 0.338 e. The molecule has 0 N–H and O–H groups in total. The average Bonchev–Trinajstić information content (AvgIpc) is 2.79. The molecule has 1 unspecified atom stereocenters. The third kappa shape index (κ3) is 6.72. The summed E-state index contributed by atoms with van der Waals surface area (Å²) in [5, 5.41) is 0. The summed E-state index contributed by atoms with van der Waals surface area (Å²) in [5.74, 6) is -0.343. The van der Waals surface area contributed by atoms with Crippen molar-refractivity contribution in [2.45, 2.75) is 59.3 Å². The SMILES string of the molecule is CCCCOC(=O)c1ccccc1-c1ccccc1C(=O)OCC(CC)CCCC. The molecule has 0 saturated carbocycles. The topological polar surface area (TPSA) is 52.6 Å². The van der Waals surface area contributed by atoms with E-state index in [0.717, 1.165) is 38.5 Å². The van der Waals surface area contributed by atoms with E-state index in [1.807, 2.05) is 30.3 Å². The second kappa shape index (κ2) is 12.8. The summed E-state index contributed by atoms with van der Waals surface area (Å²) >= 11 is 0. The van der Waals surface area contributed by atoms with Gasteiger partial charge in [0.25, 0.3) is 0 Å². The molecule has 0 bridgehead atoms. The highest BCUT2D eigenvalue weighted by Gasteiger charge is 2.20. The molecule has 0 fully saturated rings. The number of ether oxygens (including phenoxy) is 2. The van der Waals surface area contributed by atoms with Gasteiger partial charge in [-0.2, -0.15) is 0 Å². The Labute approximate surface area is 180 Å². The van der Waals surface area contributed by atoms with E-state index in [-0.39, 0.29) is 11.9 Å². The molecule has 30 heavy (non-hydrogen) atoms. The van der Waals surface area contributed by atoms with Crippen LogP contribution in [0, 0.1) is 5.92 Å². The fourth-order valence-electron chi connectivity index (χ4n) is 3.35. The first-order valence-corrected chi connectivity index (χ1v) is 11.1. The van der Waals surface area contributed by atoms with Crippen LogP contribution < -0.4 is 0 Å². The van der Waals surface area contributed by atoms with Crippen molar-refractivity contribution in [2.24, 2.45) is 5.92 Å². The van der Waals surface area contributed by atoms with E-state index in [1.54, 1.807) is 18.2 Å². The molecule has 0 spiro atoms. The van der Waals surface area contributed by atoms with Crippen LogP contribution in [0.1, 0.15) is 80.0 Å². The van der Waals surface area contributed by atoms with Crippen molar-refractivity contribution < 1.29 is 19.1 Å². The van der Waals surface area contributed by atoms with Gasteiger partial charge in [-0.05, 0) is 42.0 Å². The van der Waals surface area contributed by atoms with Crippen molar-refractivity contribution in [3.05, 3.63) is 59.7 Å². The average molecular weight is 411 g/mol. The van der Waals surface area contributed by atoms with Crippen LogP contribution in [0.2, 0.25) is 0 Å². The zero-order chi connectivity index (χ0) is 21.8. The number of hydrogen-bond acceptors (Lipinski definition) is 4. The summed E-state index contributed by atoms with van der Waals surface area (Å²) in [6, 6.07) is 14.5. The highest BCUT2D eigenvalue weighted by molar-refractivity contribution is 6.03. The Balaban J connectivity index is 2.23. The summed E-state index contributed by atoms with van der Waals surface area (Å²) in [7, 11) is 0. The van der Waals surface area contributed by atoms with Gasteiger partial charge in [-0.15, -0.1) is 0 Å². The van der Waals surface area contributed by atoms with Crippen molar-refractivity contribution in [3.8, 4) is 11.1 Å². The molecule has 2 aromatic carbocycles. The van der Waals surface area contributed by atoms with Gasteiger partial charge >= 0.3 is 11.9 Å². The Kier molecular flexibility index (Phi) is 10.1. The van der Waals surface area contributed by atoms with Crippen LogP contribution in [0.15, 0.2) is 48.5 Å². The molecule has 0 heterocycles. The standard InChI is InChI=1S/C26H34O4/c1-4-7-13-20(6-3)19-30-26(28)24-17-12-10-15-22(24)21-14-9-11-16-23(21)25(27)29-18-8-5-2/h9-12,14-17,20H,4-8,13,18-19H2,1-3H3. The number of esters is 2. The molecule has 0 aliphatic carbocycles. The molecule has 4 nitrogen and oxygen atoms in total. The third-order valence-corrected chi connectivity index (χ3v) is 5.31. The number of benzene rings is 2.